The summed E-state index contributed by atoms with van der Waals surface area (Å²) in [5.41, 5.74) is 1.70. The first-order valence-electron chi connectivity index (χ1n) is 8.68. The van der Waals surface area contributed by atoms with Gasteiger partial charge in [0.25, 0.3) is 0 Å². The summed E-state index contributed by atoms with van der Waals surface area (Å²) in [7, 11) is 2.63. The zero-order valence-corrected chi connectivity index (χ0v) is 17.0. The maximum Gasteiger partial charge on any atom is 0.360 e. The summed E-state index contributed by atoms with van der Waals surface area (Å²) in [5, 5.41) is 4.32. The molecule has 0 aliphatic heterocycles. The van der Waals surface area contributed by atoms with Gasteiger partial charge in [-0.2, -0.15) is 0 Å². The molecule has 0 amide bonds. The van der Waals surface area contributed by atoms with E-state index in [0.717, 1.165) is 4.88 Å². The van der Waals surface area contributed by atoms with Gasteiger partial charge >= 0.3 is 5.97 Å². The number of thiazole rings is 1. The molecule has 8 heteroatoms. The first kappa shape index (κ1) is 20.5. The third-order valence-electron chi connectivity index (χ3n) is 4.06. The Kier molecular flexibility index (Phi) is 6.56. The number of rotatable bonds is 7. The number of methoxy groups -OCH3 is 1. The first-order valence-corrected chi connectivity index (χ1v) is 9.49. The Morgan fingerprint density at radius 1 is 1.14 bits per heavy atom. The molecule has 0 atom stereocenters. The van der Waals surface area contributed by atoms with E-state index in [9.17, 15) is 9.18 Å². The molecule has 0 saturated carbocycles. The van der Waals surface area contributed by atoms with Gasteiger partial charge in [-0.25, -0.2) is 14.2 Å². The van der Waals surface area contributed by atoms with Crippen molar-refractivity contribution in [2.24, 2.45) is 5.16 Å². The molecule has 0 saturated heterocycles. The van der Waals surface area contributed by atoms with E-state index in [1.165, 1.54) is 31.6 Å². The molecule has 3 aromatic rings. The van der Waals surface area contributed by atoms with Crippen molar-refractivity contribution in [1.29, 1.82) is 0 Å². The van der Waals surface area contributed by atoms with Crippen molar-refractivity contribution in [3.05, 3.63) is 70.4 Å². The van der Waals surface area contributed by atoms with E-state index in [0.29, 0.717) is 27.6 Å². The Bertz CT molecular complexity index is 1050. The lowest BCUT2D eigenvalue weighted by atomic mass is 10.0. The van der Waals surface area contributed by atoms with Crippen LogP contribution < -0.4 is 4.74 Å². The number of hydrogen-bond donors (Lipinski definition) is 0. The summed E-state index contributed by atoms with van der Waals surface area (Å²) >= 11 is 1.35. The minimum absolute atomic E-state index is 0.0382. The molecule has 0 fully saturated rings. The summed E-state index contributed by atoms with van der Waals surface area (Å²) in [5.74, 6) is -0.547. The van der Waals surface area contributed by atoms with E-state index in [1.54, 1.807) is 30.3 Å². The molecule has 0 spiro atoms. The Morgan fingerprint density at radius 2 is 1.86 bits per heavy atom. The topological polar surface area (TPSA) is 70.0 Å². The monoisotopic (exact) mass is 414 g/mol. The number of benzene rings is 2. The first-order chi connectivity index (χ1) is 14.0. The van der Waals surface area contributed by atoms with Crippen molar-refractivity contribution in [3.8, 4) is 16.5 Å². The SMILES string of the molecule is CO/N=C(/C(=O)OC)c1ccccc1COc1nc(-c2ccccc2F)sc1C. The molecule has 29 heavy (non-hydrogen) atoms. The van der Waals surface area contributed by atoms with Crippen LogP contribution in [0.15, 0.2) is 53.7 Å². The summed E-state index contributed by atoms with van der Waals surface area (Å²) in [6.45, 7) is 1.99. The second kappa shape index (κ2) is 9.29. The van der Waals surface area contributed by atoms with Crippen LogP contribution in [-0.4, -0.2) is 30.9 Å². The third-order valence-corrected chi connectivity index (χ3v) is 5.04. The smallest absolute Gasteiger partial charge is 0.360 e. The number of oxime groups is 1. The molecule has 0 N–H and O–H groups in total. The second-order valence-corrected chi connectivity index (χ2v) is 7.12. The average molecular weight is 414 g/mol. The fraction of sp³-hybridized carbons (Fsp3) is 0.190. The lowest BCUT2D eigenvalue weighted by molar-refractivity contribution is -0.132. The maximum absolute atomic E-state index is 14.0. The third kappa shape index (κ3) is 4.60. The summed E-state index contributed by atoms with van der Waals surface area (Å²) in [6, 6.07) is 13.6. The number of ether oxygens (including phenoxy) is 2. The van der Waals surface area contributed by atoms with Crippen molar-refractivity contribution in [2.45, 2.75) is 13.5 Å². The zero-order chi connectivity index (χ0) is 20.8. The van der Waals surface area contributed by atoms with Gasteiger partial charge in [0.1, 0.15) is 24.5 Å². The number of nitrogens with zero attached hydrogens (tertiary/aromatic N) is 2. The number of carbonyl (C=O) groups excluding carboxylic acids is 1. The van der Waals surface area contributed by atoms with Gasteiger partial charge in [0.2, 0.25) is 5.88 Å². The second-order valence-electron chi connectivity index (χ2n) is 5.92. The fourth-order valence-electron chi connectivity index (χ4n) is 2.67. The van der Waals surface area contributed by atoms with Crippen molar-refractivity contribution in [2.75, 3.05) is 14.2 Å². The molecular formula is C21H19FN2O4S. The van der Waals surface area contributed by atoms with Crippen LogP contribution in [0.1, 0.15) is 16.0 Å². The van der Waals surface area contributed by atoms with E-state index in [4.69, 9.17) is 14.3 Å². The van der Waals surface area contributed by atoms with Crippen LogP contribution in [0.3, 0.4) is 0 Å². The van der Waals surface area contributed by atoms with E-state index < -0.39 is 5.97 Å². The molecule has 0 unspecified atom stereocenters. The van der Waals surface area contributed by atoms with E-state index in [1.807, 2.05) is 19.1 Å². The minimum atomic E-state index is -0.619. The lowest BCUT2D eigenvalue weighted by Gasteiger charge is -2.11. The zero-order valence-electron chi connectivity index (χ0n) is 16.1. The van der Waals surface area contributed by atoms with Crippen LogP contribution in [0, 0.1) is 12.7 Å². The fourth-order valence-corrected chi connectivity index (χ4v) is 3.56. The largest absolute Gasteiger partial charge is 0.472 e. The summed E-state index contributed by atoms with van der Waals surface area (Å²) < 4.78 is 24.7. The van der Waals surface area contributed by atoms with E-state index in [-0.39, 0.29) is 18.1 Å². The van der Waals surface area contributed by atoms with Gasteiger partial charge in [-0.1, -0.05) is 41.6 Å². The number of hydrogen-bond acceptors (Lipinski definition) is 7. The number of aryl methyl sites for hydroxylation is 1. The molecule has 1 heterocycles. The number of aromatic nitrogens is 1. The molecule has 0 aliphatic rings. The summed E-state index contributed by atoms with van der Waals surface area (Å²) in [6.07, 6.45) is 0. The van der Waals surface area contributed by atoms with Crippen LogP contribution in [0.2, 0.25) is 0 Å². The van der Waals surface area contributed by atoms with Gasteiger partial charge in [0, 0.05) is 11.1 Å². The van der Waals surface area contributed by atoms with Gasteiger partial charge in [0.05, 0.1) is 12.0 Å². The normalized spacial score (nSPS) is 11.2. The van der Waals surface area contributed by atoms with Crippen LogP contribution in [0.5, 0.6) is 5.88 Å². The predicted molar refractivity (Wildman–Crippen MR) is 109 cm³/mol. The Balaban J connectivity index is 1.86. The minimum Gasteiger partial charge on any atom is -0.472 e. The highest BCUT2D eigenvalue weighted by Gasteiger charge is 2.20. The van der Waals surface area contributed by atoms with Crippen LogP contribution in [0.25, 0.3) is 10.6 Å². The highest BCUT2D eigenvalue weighted by molar-refractivity contribution is 7.15. The molecule has 0 bridgehead atoms. The molecule has 3 rings (SSSR count). The molecule has 0 aliphatic carbocycles. The molecule has 150 valence electrons. The van der Waals surface area contributed by atoms with Gasteiger partial charge in [0.15, 0.2) is 5.71 Å². The Hall–Kier alpha value is -3.26. The van der Waals surface area contributed by atoms with Crippen molar-refractivity contribution >= 4 is 23.0 Å². The highest BCUT2D eigenvalue weighted by atomic mass is 32.1. The van der Waals surface area contributed by atoms with Gasteiger partial charge in [-0.15, -0.1) is 11.3 Å². The number of carbonyl (C=O) groups is 1. The van der Waals surface area contributed by atoms with Crippen molar-refractivity contribution in [3.63, 3.8) is 0 Å². The molecular weight excluding hydrogens is 395 g/mol. The molecule has 6 nitrogen and oxygen atoms in total. The maximum atomic E-state index is 14.0. The van der Waals surface area contributed by atoms with Crippen LogP contribution in [-0.2, 0) is 21.0 Å². The van der Waals surface area contributed by atoms with E-state index >= 15 is 0 Å². The molecule has 0 radical (unpaired) electrons. The quantitative estimate of drug-likeness (QED) is 0.326. The van der Waals surface area contributed by atoms with Gasteiger partial charge in [-0.05, 0) is 24.6 Å². The lowest BCUT2D eigenvalue weighted by Crippen LogP contribution is -2.19. The van der Waals surface area contributed by atoms with Crippen LogP contribution >= 0.6 is 11.3 Å². The average Bonchev–Trinajstić information content (AvgIpc) is 3.11. The molecule has 1 aromatic heterocycles. The Labute approximate surface area is 171 Å². The van der Waals surface area contributed by atoms with Crippen LogP contribution in [0.4, 0.5) is 4.39 Å². The molecule has 2 aromatic carbocycles. The Morgan fingerprint density at radius 3 is 2.59 bits per heavy atom. The van der Waals surface area contributed by atoms with E-state index in [2.05, 4.69) is 10.1 Å². The van der Waals surface area contributed by atoms with Gasteiger partial charge in [-0.3, -0.25) is 0 Å². The summed E-state index contributed by atoms with van der Waals surface area (Å²) in [4.78, 5) is 22.1. The predicted octanol–water partition coefficient (Wildman–Crippen LogP) is 4.36. The van der Waals surface area contributed by atoms with Crippen molar-refractivity contribution in [1.82, 2.24) is 4.98 Å². The number of halogens is 1. The standard InChI is InChI=1S/C21H19FN2O4S/c1-13-19(23-20(29-13)16-10-6-7-11-17(16)22)28-12-14-8-4-5-9-15(14)18(24-27-3)21(25)26-2/h4-11H,12H2,1-3H3/b24-18+. The highest BCUT2D eigenvalue weighted by Crippen LogP contribution is 2.33. The van der Waals surface area contributed by atoms with Gasteiger partial charge < -0.3 is 14.3 Å². The number of esters is 1. The van der Waals surface area contributed by atoms with Crippen molar-refractivity contribution < 1.29 is 23.5 Å².